The second-order valence-electron chi connectivity index (χ2n) is 6.71. The number of hydrogen-bond acceptors (Lipinski definition) is 2. The van der Waals surface area contributed by atoms with Gasteiger partial charge in [0.15, 0.2) is 14.1 Å². The van der Waals surface area contributed by atoms with E-state index in [4.69, 9.17) is 4.43 Å². The molecule has 0 heterocycles. The predicted molar refractivity (Wildman–Crippen MR) is 83.9 cm³/mol. The van der Waals surface area contributed by atoms with E-state index in [0.29, 0.717) is 6.42 Å². The zero-order chi connectivity index (χ0) is 14.4. The third-order valence-corrected chi connectivity index (χ3v) is 4.72. The van der Waals surface area contributed by atoms with Gasteiger partial charge in [-0.15, -0.1) is 0 Å². The molecule has 0 spiro atoms. The van der Waals surface area contributed by atoms with Gasteiger partial charge >= 0.3 is 0 Å². The predicted octanol–water partition coefficient (Wildman–Crippen LogP) is 4.86. The topological polar surface area (TPSA) is 26.3 Å². The maximum Gasteiger partial charge on any atom is 0.185 e. The molecule has 0 aromatic heterocycles. The van der Waals surface area contributed by atoms with Gasteiger partial charge < -0.3 is 4.43 Å². The SMILES string of the molecule is C=CC1(O[Si](C)(C)C)CCCCCCCCCC1=O. The van der Waals surface area contributed by atoms with Gasteiger partial charge in [-0.25, -0.2) is 0 Å². The molecule has 1 atom stereocenters. The molecule has 0 aliphatic heterocycles. The van der Waals surface area contributed by atoms with Crippen LogP contribution in [0.25, 0.3) is 0 Å². The van der Waals surface area contributed by atoms with Crippen molar-refractivity contribution in [3.05, 3.63) is 12.7 Å². The van der Waals surface area contributed by atoms with Gasteiger partial charge in [0.2, 0.25) is 0 Å². The summed E-state index contributed by atoms with van der Waals surface area (Å²) in [5.74, 6) is 0.256. The number of Topliss-reactive ketones (excluding diaryl/α,β-unsaturated/α-hetero) is 1. The van der Waals surface area contributed by atoms with Crippen LogP contribution in [0.2, 0.25) is 19.6 Å². The van der Waals surface area contributed by atoms with E-state index in [1.54, 1.807) is 6.08 Å². The molecule has 0 N–H and O–H groups in total. The largest absolute Gasteiger partial charge is 0.402 e. The number of hydrogen-bond donors (Lipinski definition) is 0. The normalized spacial score (nSPS) is 27.6. The van der Waals surface area contributed by atoms with Crippen molar-refractivity contribution in [1.29, 1.82) is 0 Å². The van der Waals surface area contributed by atoms with Gasteiger partial charge in [0.05, 0.1) is 0 Å². The van der Waals surface area contributed by atoms with Gasteiger partial charge in [0.1, 0.15) is 5.60 Å². The van der Waals surface area contributed by atoms with Gasteiger partial charge in [-0.3, -0.25) is 4.79 Å². The third kappa shape index (κ3) is 5.61. The van der Waals surface area contributed by atoms with Crippen LogP contribution in [0.4, 0.5) is 0 Å². The Morgan fingerprint density at radius 3 is 2.11 bits per heavy atom. The summed E-state index contributed by atoms with van der Waals surface area (Å²) in [4.78, 5) is 12.6. The van der Waals surface area contributed by atoms with Crippen LogP contribution in [0.5, 0.6) is 0 Å². The summed E-state index contributed by atoms with van der Waals surface area (Å²) < 4.78 is 6.27. The molecule has 2 nitrogen and oxygen atoms in total. The highest BCUT2D eigenvalue weighted by Gasteiger charge is 2.39. The van der Waals surface area contributed by atoms with Crippen LogP contribution in [0, 0.1) is 0 Å². The van der Waals surface area contributed by atoms with Crippen molar-refractivity contribution in [2.75, 3.05) is 0 Å². The molecule has 1 saturated carbocycles. The molecule has 0 aromatic carbocycles. The van der Waals surface area contributed by atoms with Gasteiger partial charge in [0.25, 0.3) is 0 Å². The molecular formula is C16H30O2Si. The maximum absolute atomic E-state index is 12.6. The fraction of sp³-hybridized carbons (Fsp3) is 0.812. The summed E-state index contributed by atoms with van der Waals surface area (Å²) in [6.45, 7) is 10.4. The van der Waals surface area contributed by atoms with Crippen molar-refractivity contribution >= 4 is 14.1 Å². The summed E-state index contributed by atoms with van der Waals surface area (Å²) >= 11 is 0. The van der Waals surface area contributed by atoms with Crippen LogP contribution in [0.3, 0.4) is 0 Å². The van der Waals surface area contributed by atoms with Gasteiger partial charge in [0, 0.05) is 6.42 Å². The average molecular weight is 282 g/mol. The molecule has 0 saturated heterocycles. The van der Waals surface area contributed by atoms with Crippen LogP contribution in [0.1, 0.15) is 57.8 Å². The Hall–Kier alpha value is -0.413. The van der Waals surface area contributed by atoms with Gasteiger partial charge in [-0.05, 0) is 38.9 Å². The lowest BCUT2D eigenvalue weighted by Gasteiger charge is -2.36. The summed E-state index contributed by atoms with van der Waals surface area (Å²) in [6.07, 6.45) is 11.6. The fourth-order valence-electron chi connectivity index (χ4n) is 2.82. The number of carbonyl (C=O) groups is 1. The lowest BCUT2D eigenvalue weighted by Crippen LogP contribution is -2.47. The summed E-state index contributed by atoms with van der Waals surface area (Å²) in [6, 6.07) is 0. The molecule has 0 amide bonds. The first-order chi connectivity index (χ1) is 8.90. The number of ketones is 1. The molecule has 1 aliphatic carbocycles. The summed E-state index contributed by atoms with van der Waals surface area (Å²) in [5.41, 5.74) is -0.700. The molecule has 0 radical (unpaired) electrons. The van der Waals surface area contributed by atoms with Crippen LogP contribution in [0.15, 0.2) is 12.7 Å². The van der Waals surface area contributed by atoms with Gasteiger partial charge in [-0.1, -0.05) is 44.8 Å². The number of rotatable bonds is 3. The lowest BCUT2D eigenvalue weighted by atomic mass is 9.89. The number of carbonyl (C=O) groups excluding carboxylic acids is 1. The molecule has 1 rings (SSSR count). The summed E-state index contributed by atoms with van der Waals surface area (Å²) in [5, 5.41) is 0. The van der Waals surface area contributed by atoms with Crippen molar-refractivity contribution in [1.82, 2.24) is 0 Å². The van der Waals surface area contributed by atoms with Crippen LogP contribution in [-0.4, -0.2) is 19.7 Å². The molecule has 1 fully saturated rings. The molecule has 1 unspecified atom stereocenters. The Morgan fingerprint density at radius 1 is 1.05 bits per heavy atom. The molecular weight excluding hydrogens is 252 g/mol. The molecule has 1 aliphatic rings. The molecule has 0 aromatic rings. The monoisotopic (exact) mass is 282 g/mol. The van der Waals surface area contributed by atoms with E-state index in [9.17, 15) is 4.79 Å². The van der Waals surface area contributed by atoms with Crippen molar-refractivity contribution in [3.63, 3.8) is 0 Å². The quantitative estimate of drug-likeness (QED) is 0.546. The van der Waals surface area contributed by atoms with Crippen molar-refractivity contribution in [3.8, 4) is 0 Å². The highest BCUT2D eigenvalue weighted by atomic mass is 28.4. The Labute approximate surface area is 119 Å². The van der Waals surface area contributed by atoms with Crippen molar-refractivity contribution in [2.24, 2.45) is 0 Å². The molecule has 110 valence electrons. The van der Waals surface area contributed by atoms with E-state index in [2.05, 4.69) is 26.2 Å². The zero-order valence-corrected chi connectivity index (χ0v) is 14.0. The van der Waals surface area contributed by atoms with Crippen LogP contribution in [-0.2, 0) is 9.22 Å². The molecule has 19 heavy (non-hydrogen) atoms. The highest BCUT2D eigenvalue weighted by molar-refractivity contribution is 6.70. The molecule has 0 bridgehead atoms. The first-order valence-corrected chi connectivity index (χ1v) is 11.2. The van der Waals surface area contributed by atoms with Gasteiger partial charge in [-0.2, -0.15) is 0 Å². The minimum absolute atomic E-state index is 0.256. The van der Waals surface area contributed by atoms with Crippen molar-refractivity contribution in [2.45, 2.75) is 83.0 Å². The standard InChI is InChI=1S/C16H30O2Si/c1-5-16(18-19(2,3)4)14-12-10-8-6-7-9-11-13-15(16)17/h5H,1,6-14H2,2-4H3. The van der Waals surface area contributed by atoms with Crippen molar-refractivity contribution < 1.29 is 9.22 Å². The molecule has 3 heteroatoms. The second kappa shape index (κ2) is 7.39. The Bertz CT molecular complexity index is 306. The lowest BCUT2D eigenvalue weighted by molar-refractivity contribution is -0.132. The summed E-state index contributed by atoms with van der Waals surface area (Å²) in [7, 11) is -1.75. The average Bonchev–Trinajstić information content (AvgIpc) is 2.36. The minimum Gasteiger partial charge on any atom is -0.402 e. The Balaban J connectivity index is 2.85. The van der Waals surface area contributed by atoms with E-state index in [1.807, 2.05) is 0 Å². The van der Waals surface area contributed by atoms with E-state index < -0.39 is 13.9 Å². The van der Waals surface area contributed by atoms with Crippen LogP contribution < -0.4 is 0 Å². The zero-order valence-electron chi connectivity index (χ0n) is 13.0. The van der Waals surface area contributed by atoms with E-state index in [-0.39, 0.29) is 5.78 Å². The third-order valence-electron chi connectivity index (χ3n) is 3.74. The first kappa shape index (κ1) is 16.6. The minimum atomic E-state index is -1.75. The Kier molecular flexibility index (Phi) is 6.47. The highest BCUT2D eigenvalue weighted by Crippen LogP contribution is 2.30. The van der Waals surface area contributed by atoms with E-state index >= 15 is 0 Å². The second-order valence-corrected chi connectivity index (χ2v) is 11.1. The van der Waals surface area contributed by atoms with E-state index in [0.717, 1.165) is 19.3 Å². The first-order valence-electron chi connectivity index (χ1n) is 7.77. The smallest absolute Gasteiger partial charge is 0.185 e. The van der Waals surface area contributed by atoms with E-state index in [1.165, 1.54) is 32.1 Å². The van der Waals surface area contributed by atoms with Crippen LogP contribution >= 0.6 is 0 Å². The maximum atomic E-state index is 12.6. The fourth-order valence-corrected chi connectivity index (χ4v) is 4.21. The Morgan fingerprint density at radius 2 is 1.58 bits per heavy atom.